The van der Waals surface area contributed by atoms with Crippen molar-refractivity contribution in [1.82, 2.24) is 9.80 Å². The number of amides is 4. The van der Waals surface area contributed by atoms with Crippen LogP contribution in [-0.4, -0.2) is 45.5 Å². The Morgan fingerprint density at radius 3 is 1.27 bits per heavy atom. The van der Waals surface area contributed by atoms with Gasteiger partial charge in [0.1, 0.15) is 0 Å². The zero-order valence-corrected chi connectivity index (χ0v) is 24.9. The lowest BCUT2D eigenvalue weighted by Crippen LogP contribution is -2.46. The van der Waals surface area contributed by atoms with E-state index in [9.17, 15) is 29.7 Å². The molecular formula is C36H28N4O4. The van der Waals surface area contributed by atoms with Crippen LogP contribution >= 0.6 is 0 Å². The molecule has 7 rings (SSSR count). The van der Waals surface area contributed by atoms with Gasteiger partial charge in [-0.2, -0.15) is 10.5 Å². The number of benzene rings is 5. The summed E-state index contributed by atoms with van der Waals surface area (Å²) in [6, 6.07) is 13.9. The molecule has 0 aliphatic carbocycles. The van der Waals surface area contributed by atoms with Crippen LogP contribution < -0.4 is 0 Å². The van der Waals surface area contributed by atoms with Crippen LogP contribution in [0.4, 0.5) is 0 Å². The Hall–Kier alpha value is -5.34. The highest BCUT2D eigenvalue weighted by Gasteiger charge is 2.40. The van der Waals surface area contributed by atoms with Gasteiger partial charge in [-0.1, -0.05) is 38.8 Å². The van der Waals surface area contributed by atoms with E-state index in [2.05, 4.69) is 12.1 Å². The van der Waals surface area contributed by atoms with Gasteiger partial charge in [0, 0.05) is 55.5 Å². The summed E-state index contributed by atoms with van der Waals surface area (Å²) in [5.74, 6) is -1.67. The molecule has 0 saturated heterocycles. The first-order valence-electron chi connectivity index (χ1n) is 15.0. The van der Waals surface area contributed by atoms with Crippen molar-refractivity contribution in [2.45, 2.75) is 65.5 Å². The molecule has 216 valence electrons. The maximum absolute atomic E-state index is 13.9. The summed E-state index contributed by atoms with van der Waals surface area (Å²) in [5, 5.41) is 25.1. The number of hydrogen-bond donors (Lipinski definition) is 0. The monoisotopic (exact) mass is 580 g/mol. The molecule has 5 aromatic rings. The zero-order valence-electron chi connectivity index (χ0n) is 24.9. The normalized spacial score (nSPS) is 16.0. The van der Waals surface area contributed by atoms with Crippen LogP contribution in [0.1, 0.15) is 106 Å². The van der Waals surface area contributed by atoms with Gasteiger partial charge in [0.2, 0.25) is 0 Å². The Morgan fingerprint density at radius 1 is 0.568 bits per heavy atom. The first-order valence-corrected chi connectivity index (χ1v) is 15.0. The summed E-state index contributed by atoms with van der Waals surface area (Å²) in [6.07, 6.45) is 2.89. The summed E-state index contributed by atoms with van der Waals surface area (Å²) in [4.78, 5) is 58.0. The summed E-state index contributed by atoms with van der Waals surface area (Å²) in [5.41, 5.74) is 1.77. The molecule has 0 fully saturated rings. The first kappa shape index (κ1) is 27.5. The van der Waals surface area contributed by atoms with Crippen LogP contribution in [0.3, 0.4) is 0 Å². The summed E-state index contributed by atoms with van der Waals surface area (Å²) < 4.78 is 0. The Kier molecular flexibility index (Phi) is 5.99. The van der Waals surface area contributed by atoms with E-state index in [-0.39, 0.29) is 46.2 Å². The van der Waals surface area contributed by atoms with Crippen LogP contribution in [-0.2, 0) is 0 Å². The van der Waals surface area contributed by atoms with Gasteiger partial charge in [0.05, 0.1) is 34.4 Å². The van der Waals surface area contributed by atoms with Gasteiger partial charge >= 0.3 is 0 Å². The third-order valence-electron chi connectivity index (χ3n) is 9.44. The van der Waals surface area contributed by atoms with Crippen LogP contribution in [0.25, 0.3) is 43.1 Å². The van der Waals surface area contributed by atoms with E-state index in [0.29, 0.717) is 67.1 Å². The fourth-order valence-electron chi connectivity index (χ4n) is 7.58. The van der Waals surface area contributed by atoms with E-state index in [4.69, 9.17) is 0 Å². The molecule has 0 radical (unpaired) electrons. The Morgan fingerprint density at radius 2 is 0.932 bits per heavy atom. The molecular weight excluding hydrogens is 552 g/mol. The highest BCUT2D eigenvalue weighted by atomic mass is 16.2. The molecule has 5 aromatic carbocycles. The highest BCUT2D eigenvalue weighted by Crippen LogP contribution is 2.48. The standard InChI is InChI=1S/C36H28N4O4/c1-5-7-17(3)39-33(41)23-11-9-21-28-20(16-38)14-26-30-24(34(42)40(36(26)44)18(4)8-6-2)12-10-22(32(28)30)27-19(15-37)13-25(35(39)43)29(23)31(21)27/h9-14,17-18H,5-8H2,1-4H3. The number of imide groups is 2. The van der Waals surface area contributed by atoms with Gasteiger partial charge in [-0.25, -0.2) is 0 Å². The van der Waals surface area contributed by atoms with Crippen molar-refractivity contribution < 1.29 is 19.2 Å². The van der Waals surface area contributed by atoms with E-state index in [1.165, 1.54) is 9.80 Å². The zero-order chi connectivity index (χ0) is 31.2. The second-order valence-corrected chi connectivity index (χ2v) is 12.0. The van der Waals surface area contributed by atoms with Gasteiger partial charge in [0.15, 0.2) is 0 Å². The Balaban J connectivity index is 1.65. The molecule has 0 saturated carbocycles. The molecule has 2 unspecified atom stereocenters. The van der Waals surface area contributed by atoms with Crippen molar-refractivity contribution in [3.8, 4) is 12.1 Å². The van der Waals surface area contributed by atoms with Crippen LogP contribution in [0.5, 0.6) is 0 Å². The van der Waals surface area contributed by atoms with Crippen LogP contribution in [0.2, 0.25) is 0 Å². The lowest BCUT2D eigenvalue weighted by atomic mass is 9.79. The maximum Gasteiger partial charge on any atom is 0.261 e. The van der Waals surface area contributed by atoms with Crippen molar-refractivity contribution >= 4 is 66.7 Å². The second-order valence-electron chi connectivity index (χ2n) is 12.0. The number of hydrogen-bond acceptors (Lipinski definition) is 6. The highest BCUT2D eigenvalue weighted by molar-refractivity contribution is 6.42. The van der Waals surface area contributed by atoms with Crippen molar-refractivity contribution in [3.63, 3.8) is 0 Å². The molecule has 2 aliphatic rings. The largest absolute Gasteiger partial charge is 0.272 e. The minimum atomic E-state index is -0.447. The number of fused-ring (bicyclic) bond motifs is 2. The minimum Gasteiger partial charge on any atom is -0.272 e. The molecule has 2 heterocycles. The number of carbonyl (C=O) groups is 4. The van der Waals surface area contributed by atoms with Gasteiger partial charge in [0.25, 0.3) is 23.6 Å². The summed E-state index contributed by atoms with van der Waals surface area (Å²) in [7, 11) is 0. The van der Waals surface area contributed by atoms with Crippen molar-refractivity contribution in [3.05, 3.63) is 69.8 Å². The fraction of sp³-hybridized carbons (Fsp3) is 0.278. The maximum atomic E-state index is 13.9. The van der Waals surface area contributed by atoms with E-state index in [1.54, 1.807) is 36.4 Å². The second kappa shape index (κ2) is 9.59. The van der Waals surface area contributed by atoms with Crippen molar-refractivity contribution in [1.29, 1.82) is 10.5 Å². The van der Waals surface area contributed by atoms with Crippen LogP contribution in [0, 0.1) is 22.7 Å². The number of nitrogens with zero attached hydrogens (tertiary/aromatic N) is 4. The van der Waals surface area contributed by atoms with Crippen LogP contribution in [0.15, 0.2) is 36.4 Å². The molecule has 8 heteroatoms. The molecule has 0 spiro atoms. The van der Waals surface area contributed by atoms with E-state index >= 15 is 0 Å². The molecule has 0 aromatic heterocycles. The quantitative estimate of drug-likeness (QED) is 0.120. The number of carbonyl (C=O) groups excluding carboxylic acids is 4. The summed E-state index contributed by atoms with van der Waals surface area (Å²) >= 11 is 0. The van der Waals surface area contributed by atoms with Crippen molar-refractivity contribution in [2.24, 2.45) is 0 Å². The smallest absolute Gasteiger partial charge is 0.261 e. The molecule has 0 N–H and O–H groups in total. The summed E-state index contributed by atoms with van der Waals surface area (Å²) in [6.45, 7) is 7.68. The average Bonchev–Trinajstić information content (AvgIpc) is 3.01. The van der Waals surface area contributed by atoms with Gasteiger partial charge in [-0.15, -0.1) is 0 Å². The fourth-order valence-corrected chi connectivity index (χ4v) is 7.58. The predicted octanol–water partition coefficient (Wildman–Crippen LogP) is 7.05. The number of nitriles is 2. The van der Waals surface area contributed by atoms with Gasteiger partial charge in [-0.05, 0) is 61.7 Å². The SMILES string of the molecule is CCCC(C)N1C(=O)c2ccc3c4c(C#N)cc5c6c(ccc(c7c(C#N)cc(c2c37)C1=O)c64)C(=O)N(C(C)CCC)C5=O. The van der Waals surface area contributed by atoms with Gasteiger partial charge < -0.3 is 0 Å². The molecule has 44 heavy (non-hydrogen) atoms. The van der Waals surface area contributed by atoms with E-state index < -0.39 is 11.8 Å². The number of rotatable bonds is 6. The third-order valence-corrected chi connectivity index (χ3v) is 9.44. The minimum absolute atomic E-state index is 0.244. The van der Waals surface area contributed by atoms with Crippen molar-refractivity contribution in [2.75, 3.05) is 0 Å². The topological polar surface area (TPSA) is 122 Å². The van der Waals surface area contributed by atoms with E-state index in [0.717, 1.165) is 12.8 Å². The predicted molar refractivity (Wildman–Crippen MR) is 167 cm³/mol. The average molecular weight is 581 g/mol. The lowest BCUT2D eigenvalue weighted by Gasteiger charge is -2.34. The van der Waals surface area contributed by atoms with Gasteiger partial charge in [-0.3, -0.25) is 29.0 Å². The first-order chi connectivity index (χ1) is 21.2. The molecule has 0 bridgehead atoms. The molecule has 2 atom stereocenters. The third kappa shape index (κ3) is 3.31. The van der Waals surface area contributed by atoms with E-state index in [1.807, 2.05) is 27.7 Å². The lowest BCUT2D eigenvalue weighted by molar-refractivity contribution is 0.0528. The Labute approximate surface area is 253 Å². The molecule has 8 nitrogen and oxygen atoms in total. The molecule has 2 aliphatic heterocycles. The molecule has 4 amide bonds. The Bertz CT molecular complexity index is 2090.